The minimum atomic E-state index is 0.935. The van der Waals surface area contributed by atoms with Crippen molar-refractivity contribution in [2.45, 2.75) is 0 Å². The molecule has 0 atom stereocenters. The van der Waals surface area contributed by atoms with Crippen molar-refractivity contribution in [2.75, 3.05) is 5.32 Å². The van der Waals surface area contributed by atoms with Crippen molar-refractivity contribution in [1.29, 1.82) is 0 Å². The normalized spacial score (nSPS) is 11.7. The number of hydrogen-bond donors (Lipinski definition) is 1. The molecular formula is C29H20N2. The monoisotopic (exact) mass is 396 g/mol. The van der Waals surface area contributed by atoms with Gasteiger partial charge in [0.25, 0.3) is 0 Å². The molecule has 0 radical (unpaired) electrons. The fraction of sp³-hybridized carbons (Fsp3) is 0. The standard InChI is InChI=1S/C29H20N2/c1-2-7-25(8-3-1)31-26-16-14-24(15-17-26)30-19-23-12-11-22-10-9-20-5-4-6-21-13-18-27(23)29(22)28(20)21/h1-19,31H. The zero-order chi connectivity index (χ0) is 20.6. The summed E-state index contributed by atoms with van der Waals surface area (Å²) in [6.45, 7) is 0. The summed E-state index contributed by atoms with van der Waals surface area (Å²) in [7, 11) is 0. The van der Waals surface area contributed by atoms with Gasteiger partial charge in [-0.05, 0) is 68.7 Å². The van der Waals surface area contributed by atoms with Gasteiger partial charge in [-0.3, -0.25) is 4.99 Å². The van der Waals surface area contributed by atoms with Crippen molar-refractivity contribution >= 4 is 55.6 Å². The number of aliphatic imine (C=N–C) groups is 1. The minimum absolute atomic E-state index is 0.935. The van der Waals surface area contributed by atoms with E-state index in [0.717, 1.165) is 22.6 Å². The molecule has 1 N–H and O–H groups in total. The van der Waals surface area contributed by atoms with Crippen LogP contribution in [0.25, 0.3) is 32.3 Å². The summed E-state index contributed by atoms with van der Waals surface area (Å²) in [6, 6.07) is 38.1. The molecule has 0 aliphatic rings. The lowest BCUT2D eigenvalue weighted by Crippen LogP contribution is -1.89. The predicted molar refractivity (Wildman–Crippen MR) is 134 cm³/mol. The van der Waals surface area contributed by atoms with Crippen LogP contribution in [-0.4, -0.2) is 6.21 Å². The fourth-order valence-corrected chi connectivity index (χ4v) is 4.33. The second-order valence-corrected chi connectivity index (χ2v) is 7.81. The lowest BCUT2D eigenvalue weighted by molar-refractivity contribution is 1.50. The van der Waals surface area contributed by atoms with E-state index in [-0.39, 0.29) is 0 Å². The Hall–Kier alpha value is -4.17. The first-order valence-corrected chi connectivity index (χ1v) is 10.5. The molecule has 6 rings (SSSR count). The molecule has 31 heavy (non-hydrogen) atoms. The summed E-state index contributed by atoms with van der Waals surface area (Å²) in [5.74, 6) is 0. The number of anilines is 2. The van der Waals surface area contributed by atoms with Gasteiger partial charge in [-0.15, -0.1) is 0 Å². The van der Waals surface area contributed by atoms with Crippen LogP contribution in [0.3, 0.4) is 0 Å². The van der Waals surface area contributed by atoms with Gasteiger partial charge in [0, 0.05) is 23.2 Å². The summed E-state index contributed by atoms with van der Waals surface area (Å²) in [6.07, 6.45) is 1.98. The third kappa shape index (κ3) is 3.19. The minimum Gasteiger partial charge on any atom is -0.356 e. The number of nitrogens with zero attached hydrogens (tertiary/aromatic N) is 1. The average Bonchev–Trinajstić information content (AvgIpc) is 2.83. The first-order chi connectivity index (χ1) is 15.3. The fourth-order valence-electron chi connectivity index (χ4n) is 4.33. The van der Waals surface area contributed by atoms with Crippen LogP contribution >= 0.6 is 0 Å². The lowest BCUT2D eigenvalue weighted by Gasteiger charge is -2.12. The molecule has 0 amide bonds. The highest BCUT2D eigenvalue weighted by atomic mass is 14.9. The molecule has 2 heteroatoms. The molecule has 0 aliphatic heterocycles. The smallest absolute Gasteiger partial charge is 0.0631 e. The quantitative estimate of drug-likeness (QED) is 0.236. The average molecular weight is 396 g/mol. The SMILES string of the molecule is C(=Nc1ccc(Nc2ccccc2)cc1)c1ccc2ccc3cccc4ccc1c2c34. The van der Waals surface area contributed by atoms with E-state index in [0.29, 0.717) is 0 Å². The van der Waals surface area contributed by atoms with Crippen molar-refractivity contribution in [3.8, 4) is 0 Å². The zero-order valence-corrected chi connectivity index (χ0v) is 16.9. The second kappa shape index (κ2) is 7.26. The van der Waals surface area contributed by atoms with Crippen molar-refractivity contribution < 1.29 is 0 Å². The van der Waals surface area contributed by atoms with E-state index in [1.165, 1.54) is 32.3 Å². The maximum absolute atomic E-state index is 4.75. The van der Waals surface area contributed by atoms with E-state index in [1.54, 1.807) is 0 Å². The largest absolute Gasteiger partial charge is 0.356 e. The topological polar surface area (TPSA) is 24.4 Å². The maximum Gasteiger partial charge on any atom is 0.0631 e. The number of rotatable bonds is 4. The second-order valence-electron chi connectivity index (χ2n) is 7.81. The Morgan fingerprint density at radius 1 is 0.516 bits per heavy atom. The van der Waals surface area contributed by atoms with Crippen molar-refractivity contribution in [3.05, 3.63) is 115 Å². The van der Waals surface area contributed by atoms with Crippen LogP contribution in [0.4, 0.5) is 17.1 Å². The van der Waals surface area contributed by atoms with Gasteiger partial charge in [0.1, 0.15) is 0 Å². The van der Waals surface area contributed by atoms with E-state index in [4.69, 9.17) is 4.99 Å². The van der Waals surface area contributed by atoms with Gasteiger partial charge in [0.2, 0.25) is 0 Å². The predicted octanol–water partition coefficient (Wildman–Crippen LogP) is 8.08. The highest BCUT2D eigenvalue weighted by molar-refractivity contribution is 6.25. The molecule has 6 aromatic rings. The Labute approximate surface area is 180 Å². The third-order valence-corrected chi connectivity index (χ3v) is 5.84. The van der Waals surface area contributed by atoms with E-state index < -0.39 is 0 Å². The molecule has 146 valence electrons. The summed E-state index contributed by atoms with van der Waals surface area (Å²) in [4.78, 5) is 4.75. The summed E-state index contributed by atoms with van der Waals surface area (Å²) in [5.41, 5.74) is 4.20. The van der Waals surface area contributed by atoms with E-state index in [2.05, 4.69) is 84.2 Å². The Balaban J connectivity index is 1.35. The molecule has 0 aliphatic carbocycles. The molecule has 0 aromatic heterocycles. The molecular weight excluding hydrogens is 376 g/mol. The molecule has 6 aromatic carbocycles. The van der Waals surface area contributed by atoms with Crippen LogP contribution in [0.2, 0.25) is 0 Å². The van der Waals surface area contributed by atoms with Crippen LogP contribution in [0.15, 0.2) is 114 Å². The first kappa shape index (κ1) is 17.7. The molecule has 0 spiro atoms. The summed E-state index contributed by atoms with van der Waals surface area (Å²) < 4.78 is 0. The molecule has 0 heterocycles. The molecule has 0 saturated heterocycles. The first-order valence-electron chi connectivity index (χ1n) is 10.5. The van der Waals surface area contributed by atoms with Crippen LogP contribution < -0.4 is 5.32 Å². The third-order valence-electron chi connectivity index (χ3n) is 5.84. The highest BCUT2D eigenvalue weighted by Crippen LogP contribution is 2.35. The summed E-state index contributed by atoms with van der Waals surface area (Å²) >= 11 is 0. The molecule has 0 saturated carbocycles. The van der Waals surface area contributed by atoms with E-state index in [9.17, 15) is 0 Å². The van der Waals surface area contributed by atoms with Gasteiger partial charge in [-0.1, -0.05) is 72.8 Å². The van der Waals surface area contributed by atoms with Crippen molar-refractivity contribution in [3.63, 3.8) is 0 Å². The van der Waals surface area contributed by atoms with Crippen molar-refractivity contribution in [1.82, 2.24) is 0 Å². The van der Waals surface area contributed by atoms with Crippen LogP contribution in [0.1, 0.15) is 5.56 Å². The van der Waals surface area contributed by atoms with Gasteiger partial charge in [0.05, 0.1) is 5.69 Å². The number of para-hydroxylation sites is 1. The van der Waals surface area contributed by atoms with Gasteiger partial charge in [-0.25, -0.2) is 0 Å². The van der Waals surface area contributed by atoms with Crippen LogP contribution in [0, 0.1) is 0 Å². The lowest BCUT2D eigenvalue weighted by atomic mass is 9.92. The highest BCUT2D eigenvalue weighted by Gasteiger charge is 2.09. The van der Waals surface area contributed by atoms with Crippen molar-refractivity contribution in [2.24, 2.45) is 4.99 Å². The Kier molecular flexibility index (Phi) is 4.14. The number of nitrogens with one attached hydrogen (secondary N) is 1. The molecule has 0 unspecified atom stereocenters. The van der Waals surface area contributed by atoms with Crippen LogP contribution in [0.5, 0.6) is 0 Å². The molecule has 2 nitrogen and oxygen atoms in total. The molecule has 0 bridgehead atoms. The summed E-state index contributed by atoms with van der Waals surface area (Å²) in [5, 5.41) is 11.1. The van der Waals surface area contributed by atoms with Gasteiger partial charge < -0.3 is 5.32 Å². The van der Waals surface area contributed by atoms with Crippen LogP contribution in [-0.2, 0) is 0 Å². The van der Waals surface area contributed by atoms with Gasteiger partial charge >= 0.3 is 0 Å². The van der Waals surface area contributed by atoms with Gasteiger partial charge in [0.15, 0.2) is 0 Å². The maximum atomic E-state index is 4.75. The van der Waals surface area contributed by atoms with Gasteiger partial charge in [-0.2, -0.15) is 0 Å². The Morgan fingerprint density at radius 3 is 1.94 bits per heavy atom. The number of benzene rings is 6. The van der Waals surface area contributed by atoms with E-state index in [1.807, 2.05) is 36.5 Å². The molecule has 0 fully saturated rings. The Morgan fingerprint density at radius 2 is 1.16 bits per heavy atom. The Bertz CT molecular complexity index is 1510. The van der Waals surface area contributed by atoms with E-state index >= 15 is 0 Å². The zero-order valence-electron chi connectivity index (χ0n) is 16.9. The number of hydrogen-bond acceptors (Lipinski definition) is 2.